The van der Waals surface area contributed by atoms with Gasteiger partial charge in [-0.25, -0.2) is 9.97 Å². The fourth-order valence-electron chi connectivity index (χ4n) is 1.63. The summed E-state index contributed by atoms with van der Waals surface area (Å²) in [5.41, 5.74) is 2.58. The van der Waals surface area contributed by atoms with E-state index in [2.05, 4.69) is 9.97 Å². The van der Waals surface area contributed by atoms with Crippen LogP contribution in [0.3, 0.4) is 0 Å². The lowest BCUT2D eigenvalue weighted by molar-refractivity contribution is 0.185. The maximum absolute atomic E-state index is 9.07. The Kier molecular flexibility index (Phi) is 3.80. The van der Waals surface area contributed by atoms with E-state index in [4.69, 9.17) is 9.84 Å². The highest BCUT2D eigenvalue weighted by Crippen LogP contribution is 2.20. The molecule has 1 aromatic heterocycles. The second kappa shape index (κ2) is 5.52. The first kappa shape index (κ1) is 11.7. The zero-order valence-corrected chi connectivity index (χ0v) is 9.63. The van der Waals surface area contributed by atoms with Gasteiger partial charge in [0, 0.05) is 18.9 Å². The summed E-state index contributed by atoms with van der Waals surface area (Å²) in [6.45, 7) is 0.435. The first-order chi connectivity index (χ1) is 8.35. The highest BCUT2D eigenvalue weighted by Gasteiger charge is 2.07. The first-order valence-corrected chi connectivity index (χ1v) is 5.35. The van der Waals surface area contributed by atoms with Crippen molar-refractivity contribution in [2.75, 3.05) is 7.11 Å². The van der Waals surface area contributed by atoms with Gasteiger partial charge in [0.25, 0.3) is 0 Å². The molecule has 88 valence electrons. The van der Waals surface area contributed by atoms with Crippen molar-refractivity contribution in [1.82, 2.24) is 9.97 Å². The van der Waals surface area contributed by atoms with Gasteiger partial charge in [-0.05, 0) is 11.6 Å². The van der Waals surface area contributed by atoms with E-state index >= 15 is 0 Å². The number of aliphatic hydroxyl groups is 1. The van der Waals surface area contributed by atoms with Crippen LogP contribution in [0.25, 0.3) is 11.4 Å². The molecule has 4 nitrogen and oxygen atoms in total. The van der Waals surface area contributed by atoms with E-state index in [0.29, 0.717) is 18.1 Å². The second-order valence-corrected chi connectivity index (χ2v) is 3.62. The van der Waals surface area contributed by atoms with E-state index in [1.54, 1.807) is 19.4 Å². The molecule has 0 spiro atoms. The third kappa shape index (κ3) is 2.67. The maximum Gasteiger partial charge on any atom is 0.159 e. The number of nitrogens with zero attached hydrogens (tertiary/aromatic N) is 2. The maximum atomic E-state index is 9.07. The summed E-state index contributed by atoms with van der Waals surface area (Å²) < 4.78 is 5.14. The van der Waals surface area contributed by atoms with Crippen LogP contribution in [0, 0.1) is 0 Å². The van der Waals surface area contributed by atoms with Crippen molar-refractivity contribution in [1.29, 1.82) is 0 Å². The first-order valence-electron chi connectivity index (χ1n) is 5.35. The van der Waals surface area contributed by atoms with Crippen LogP contribution in [0.15, 0.2) is 36.5 Å². The number of benzene rings is 1. The molecule has 0 bridgehead atoms. The van der Waals surface area contributed by atoms with Crippen LogP contribution in [-0.4, -0.2) is 22.2 Å². The SMILES string of the molecule is COCc1ccccc1-c1nccc(CO)n1. The van der Waals surface area contributed by atoms with E-state index in [1.807, 2.05) is 24.3 Å². The third-order valence-corrected chi connectivity index (χ3v) is 2.43. The molecule has 2 aromatic rings. The minimum Gasteiger partial charge on any atom is -0.390 e. The zero-order valence-electron chi connectivity index (χ0n) is 9.63. The fourth-order valence-corrected chi connectivity index (χ4v) is 1.63. The summed E-state index contributed by atoms with van der Waals surface area (Å²) in [6, 6.07) is 9.51. The molecular formula is C13H14N2O2. The second-order valence-electron chi connectivity index (χ2n) is 3.62. The Morgan fingerprint density at radius 3 is 2.82 bits per heavy atom. The van der Waals surface area contributed by atoms with Crippen molar-refractivity contribution in [3.63, 3.8) is 0 Å². The van der Waals surface area contributed by atoms with Crippen molar-refractivity contribution in [2.45, 2.75) is 13.2 Å². The molecule has 0 aliphatic rings. The van der Waals surface area contributed by atoms with E-state index < -0.39 is 0 Å². The van der Waals surface area contributed by atoms with Gasteiger partial charge >= 0.3 is 0 Å². The average Bonchev–Trinajstić information content (AvgIpc) is 2.40. The zero-order chi connectivity index (χ0) is 12.1. The van der Waals surface area contributed by atoms with Crippen molar-refractivity contribution in [3.8, 4) is 11.4 Å². The van der Waals surface area contributed by atoms with Crippen LogP contribution < -0.4 is 0 Å². The van der Waals surface area contributed by atoms with Gasteiger partial charge in [-0.15, -0.1) is 0 Å². The molecule has 0 aliphatic carbocycles. The minimum atomic E-state index is -0.0814. The quantitative estimate of drug-likeness (QED) is 0.869. The minimum absolute atomic E-state index is 0.0814. The normalized spacial score (nSPS) is 10.5. The summed E-state index contributed by atoms with van der Waals surface area (Å²) >= 11 is 0. The van der Waals surface area contributed by atoms with Gasteiger partial charge in [-0.1, -0.05) is 24.3 Å². The molecule has 17 heavy (non-hydrogen) atoms. The Labute approximate surface area is 99.9 Å². The summed E-state index contributed by atoms with van der Waals surface area (Å²) in [5, 5.41) is 9.07. The number of rotatable bonds is 4. The smallest absolute Gasteiger partial charge is 0.159 e. The summed E-state index contributed by atoms with van der Waals surface area (Å²) in [6.07, 6.45) is 1.65. The molecular weight excluding hydrogens is 216 g/mol. The van der Waals surface area contributed by atoms with Gasteiger partial charge in [-0.3, -0.25) is 0 Å². The number of ether oxygens (including phenoxy) is 1. The standard InChI is InChI=1S/C13H14N2O2/c1-17-9-10-4-2-3-5-12(10)13-14-7-6-11(8-16)15-13/h2-7,16H,8-9H2,1H3. The van der Waals surface area contributed by atoms with Gasteiger partial charge in [0.1, 0.15) is 0 Å². The topological polar surface area (TPSA) is 55.2 Å². The van der Waals surface area contributed by atoms with Crippen LogP contribution in [0.2, 0.25) is 0 Å². The highest BCUT2D eigenvalue weighted by atomic mass is 16.5. The molecule has 0 radical (unpaired) electrons. The lowest BCUT2D eigenvalue weighted by Gasteiger charge is -2.07. The number of hydrogen-bond donors (Lipinski definition) is 1. The van der Waals surface area contributed by atoms with Crippen LogP contribution in [0.5, 0.6) is 0 Å². The molecule has 0 amide bonds. The lowest BCUT2D eigenvalue weighted by Crippen LogP contribution is -1.98. The van der Waals surface area contributed by atoms with Crippen LogP contribution >= 0.6 is 0 Å². The molecule has 2 rings (SSSR count). The van der Waals surface area contributed by atoms with Crippen molar-refractivity contribution < 1.29 is 9.84 Å². The number of aromatic nitrogens is 2. The van der Waals surface area contributed by atoms with Crippen molar-refractivity contribution >= 4 is 0 Å². The molecule has 0 atom stereocenters. The molecule has 0 saturated carbocycles. The van der Waals surface area contributed by atoms with Crippen molar-refractivity contribution in [2.24, 2.45) is 0 Å². The molecule has 1 N–H and O–H groups in total. The Morgan fingerprint density at radius 1 is 1.24 bits per heavy atom. The molecule has 1 heterocycles. The third-order valence-electron chi connectivity index (χ3n) is 2.43. The molecule has 0 fully saturated rings. The predicted octanol–water partition coefficient (Wildman–Crippen LogP) is 1.78. The van der Waals surface area contributed by atoms with Gasteiger partial charge in [0.05, 0.1) is 18.9 Å². The van der Waals surface area contributed by atoms with Crippen LogP contribution in [0.4, 0.5) is 0 Å². The van der Waals surface area contributed by atoms with Gasteiger partial charge in [0.15, 0.2) is 5.82 Å². The summed E-state index contributed by atoms with van der Waals surface area (Å²) in [7, 11) is 1.65. The predicted molar refractivity (Wildman–Crippen MR) is 64.1 cm³/mol. The van der Waals surface area contributed by atoms with Crippen LogP contribution in [0.1, 0.15) is 11.3 Å². The Balaban J connectivity index is 2.44. The van der Waals surface area contributed by atoms with Crippen LogP contribution in [-0.2, 0) is 18.0 Å². The number of hydrogen-bond acceptors (Lipinski definition) is 4. The molecule has 0 aliphatic heterocycles. The summed E-state index contributed by atoms with van der Waals surface area (Å²) in [4.78, 5) is 8.51. The van der Waals surface area contributed by atoms with Crippen molar-refractivity contribution in [3.05, 3.63) is 47.8 Å². The van der Waals surface area contributed by atoms with E-state index in [9.17, 15) is 0 Å². The summed E-state index contributed by atoms with van der Waals surface area (Å²) in [5.74, 6) is 0.615. The van der Waals surface area contributed by atoms with E-state index in [0.717, 1.165) is 11.1 Å². The molecule has 0 unspecified atom stereocenters. The molecule has 1 aromatic carbocycles. The fraction of sp³-hybridized carbons (Fsp3) is 0.231. The largest absolute Gasteiger partial charge is 0.390 e. The van der Waals surface area contributed by atoms with Gasteiger partial charge in [-0.2, -0.15) is 0 Å². The van der Waals surface area contributed by atoms with E-state index in [-0.39, 0.29) is 6.61 Å². The average molecular weight is 230 g/mol. The Bertz CT molecular complexity index is 500. The van der Waals surface area contributed by atoms with E-state index in [1.165, 1.54) is 0 Å². The van der Waals surface area contributed by atoms with Gasteiger partial charge in [0.2, 0.25) is 0 Å². The monoisotopic (exact) mass is 230 g/mol. The lowest BCUT2D eigenvalue weighted by atomic mass is 10.1. The Morgan fingerprint density at radius 2 is 2.06 bits per heavy atom. The Hall–Kier alpha value is -1.78. The molecule has 4 heteroatoms. The highest BCUT2D eigenvalue weighted by molar-refractivity contribution is 5.59. The molecule has 0 saturated heterocycles. The number of methoxy groups -OCH3 is 1. The van der Waals surface area contributed by atoms with Gasteiger partial charge < -0.3 is 9.84 Å². The number of aliphatic hydroxyl groups excluding tert-OH is 1.